The second kappa shape index (κ2) is 5.98. The van der Waals surface area contributed by atoms with Crippen LogP contribution < -0.4 is 5.32 Å². The van der Waals surface area contributed by atoms with E-state index in [0.29, 0.717) is 11.3 Å². The first kappa shape index (κ1) is 14.4. The lowest BCUT2D eigenvalue weighted by Gasteiger charge is -2.06. The quantitative estimate of drug-likeness (QED) is 0.532. The van der Waals surface area contributed by atoms with Gasteiger partial charge in [0.15, 0.2) is 0 Å². The molecule has 2 rings (SSSR count). The highest BCUT2D eigenvalue weighted by Crippen LogP contribution is 2.20. The molecular weight excluding hydrogens is 296 g/mol. The Morgan fingerprint density at radius 1 is 1.43 bits per heavy atom. The highest BCUT2D eigenvalue weighted by molar-refractivity contribution is 6.33. The number of pyridine rings is 1. The van der Waals surface area contributed by atoms with Crippen LogP contribution in [0.5, 0.6) is 0 Å². The molecule has 2 aromatic rings. The lowest BCUT2D eigenvalue weighted by Crippen LogP contribution is -2.13. The molecule has 1 amide bonds. The van der Waals surface area contributed by atoms with Crippen molar-refractivity contribution in [2.24, 2.45) is 0 Å². The Morgan fingerprint density at radius 3 is 2.86 bits per heavy atom. The molecule has 0 saturated carbocycles. The number of anilines is 1. The Labute approximate surface area is 123 Å². The predicted octanol–water partition coefficient (Wildman–Crippen LogP) is 2.77. The Morgan fingerprint density at radius 2 is 2.19 bits per heavy atom. The summed E-state index contributed by atoms with van der Waals surface area (Å²) in [5, 5.41) is 21.8. The molecule has 0 aliphatic rings. The van der Waals surface area contributed by atoms with E-state index in [2.05, 4.69) is 10.3 Å². The van der Waals surface area contributed by atoms with Gasteiger partial charge >= 0.3 is 0 Å². The van der Waals surface area contributed by atoms with E-state index >= 15 is 0 Å². The van der Waals surface area contributed by atoms with Gasteiger partial charge in [-0.1, -0.05) is 17.7 Å². The summed E-state index contributed by atoms with van der Waals surface area (Å²) in [7, 11) is 0. The smallest absolute Gasteiger partial charge is 0.288 e. The van der Waals surface area contributed by atoms with Gasteiger partial charge in [0.1, 0.15) is 11.3 Å². The van der Waals surface area contributed by atoms with E-state index in [1.165, 1.54) is 6.07 Å². The van der Waals surface area contributed by atoms with Gasteiger partial charge in [0, 0.05) is 11.8 Å². The second-order valence-electron chi connectivity index (χ2n) is 3.94. The molecule has 0 atom stereocenters. The normalized spacial score (nSPS) is 9.71. The van der Waals surface area contributed by atoms with Crippen molar-refractivity contribution in [2.75, 3.05) is 5.32 Å². The zero-order chi connectivity index (χ0) is 15.4. The van der Waals surface area contributed by atoms with E-state index in [0.717, 1.165) is 12.3 Å². The number of benzene rings is 1. The Bertz CT molecular complexity index is 770. The van der Waals surface area contributed by atoms with Gasteiger partial charge in [0.25, 0.3) is 11.6 Å². The van der Waals surface area contributed by atoms with Gasteiger partial charge in [-0.2, -0.15) is 5.26 Å². The molecular formula is C13H7ClN4O3. The largest absolute Gasteiger partial charge is 0.322 e. The first-order chi connectivity index (χ1) is 10.0. The zero-order valence-electron chi connectivity index (χ0n) is 10.4. The van der Waals surface area contributed by atoms with E-state index < -0.39 is 10.8 Å². The van der Waals surface area contributed by atoms with E-state index in [9.17, 15) is 14.9 Å². The number of hydrogen-bond acceptors (Lipinski definition) is 5. The van der Waals surface area contributed by atoms with E-state index in [1.807, 2.05) is 6.07 Å². The van der Waals surface area contributed by atoms with E-state index in [4.69, 9.17) is 16.9 Å². The van der Waals surface area contributed by atoms with Crippen molar-refractivity contribution < 1.29 is 9.72 Å². The molecule has 0 radical (unpaired) electrons. The molecule has 0 spiro atoms. The van der Waals surface area contributed by atoms with Crippen molar-refractivity contribution in [1.29, 1.82) is 5.26 Å². The summed E-state index contributed by atoms with van der Waals surface area (Å²) in [6.07, 6.45) is 0.968. The van der Waals surface area contributed by atoms with Crippen LogP contribution in [0.3, 0.4) is 0 Å². The maximum Gasteiger partial charge on any atom is 0.288 e. The van der Waals surface area contributed by atoms with Gasteiger partial charge in [-0.05, 0) is 18.2 Å². The molecule has 1 aromatic carbocycles. The Hall–Kier alpha value is -2.98. The SMILES string of the molecule is N#Cc1cccc(NC(=O)c2cc([N+](=O)[O-])cnc2Cl)c1. The van der Waals surface area contributed by atoms with Crippen molar-refractivity contribution in [1.82, 2.24) is 4.98 Å². The van der Waals surface area contributed by atoms with Gasteiger partial charge in [0.2, 0.25) is 0 Å². The fourth-order valence-electron chi connectivity index (χ4n) is 1.56. The fraction of sp³-hybridized carbons (Fsp3) is 0. The minimum absolute atomic E-state index is 0.117. The first-order valence-electron chi connectivity index (χ1n) is 5.62. The molecule has 1 N–H and O–H groups in total. The third-order valence-corrected chi connectivity index (χ3v) is 2.83. The number of aromatic nitrogens is 1. The topological polar surface area (TPSA) is 109 Å². The monoisotopic (exact) mass is 302 g/mol. The Balaban J connectivity index is 2.30. The standard InChI is InChI=1S/C13H7ClN4O3/c14-12-11(5-10(7-16-12)18(20)21)13(19)17-9-3-1-2-8(4-9)6-15/h1-5,7H,(H,17,19). The molecule has 1 heterocycles. The lowest BCUT2D eigenvalue weighted by atomic mass is 10.2. The number of nitriles is 1. The maximum absolute atomic E-state index is 12.1. The van der Waals surface area contributed by atoms with Crippen LogP contribution in [0.25, 0.3) is 0 Å². The molecule has 0 fully saturated rings. The molecule has 104 valence electrons. The number of hydrogen-bond donors (Lipinski definition) is 1. The molecule has 0 unspecified atom stereocenters. The number of carbonyl (C=O) groups excluding carboxylic acids is 1. The van der Waals surface area contributed by atoms with E-state index in [1.54, 1.807) is 18.2 Å². The molecule has 0 saturated heterocycles. The van der Waals surface area contributed by atoms with Gasteiger partial charge < -0.3 is 5.32 Å². The number of nitrogens with one attached hydrogen (secondary N) is 1. The van der Waals surface area contributed by atoms with Crippen molar-refractivity contribution in [3.8, 4) is 6.07 Å². The number of carbonyl (C=O) groups is 1. The second-order valence-corrected chi connectivity index (χ2v) is 4.29. The highest BCUT2D eigenvalue weighted by Gasteiger charge is 2.17. The van der Waals surface area contributed by atoms with Crippen LogP contribution >= 0.6 is 11.6 Å². The molecule has 8 heteroatoms. The summed E-state index contributed by atoms with van der Waals surface area (Å²) in [5.74, 6) is -0.647. The van der Waals surface area contributed by atoms with Crippen LogP contribution in [0.2, 0.25) is 5.15 Å². The summed E-state index contributed by atoms with van der Waals surface area (Å²) in [6.45, 7) is 0. The van der Waals surface area contributed by atoms with Crippen molar-refractivity contribution in [2.45, 2.75) is 0 Å². The van der Waals surface area contributed by atoms with Crippen molar-refractivity contribution in [3.05, 3.63) is 62.9 Å². The van der Waals surface area contributed by atoms with Gasteiger partial charge in [0.05, 0.1) is 22.1 Å². The number of amides is 1. The lowest BCUT2D eigenvalue weighted by molar-refractivity contribution is -0.385. The molecule has 21 heavy (non-hydrogen) atoms. The predicted molar refractivity (Wildman–Crippen MR) is 75.0 cm³/mol. The molecule has 0 bridgehead atoms. The average Bonchev–Trinajstić information content (AvgIpc) is 2.47. The summed E-state index contributed by atoms with van der Waals surface area (Å²) >= 11 is 5.77. The van der Waals surface area contributed by atoms with Crippen molar-refractivity contribution in [3.63, 3.8) is 0 Å². The number of halogens is 1. The highest BCUT2D eigenvalue weighted by atomic mass is 35.5. The van der Waals surface area contributed by atoms with Crippen LogP contribution in [-0.4, -0.2) is 15.8 Å². The van der Waals surface area contributed by atoms with Gasteiger partial charge in [-0.3, -0.25) is 14.9 Å². The summed E-state index contributed by atoms with van der Waals surface area (Å²) < 4.78 is 0. The van der Waals surface area contributed by atoms with Crippen LogP contribution in [0.15, 0.2) is 36.5 Å². The first-order valence-corrected chi connectivity index (χ1v) is 6.00. The number of rotatable bonds is 3. The van der Waals surface area contributed by atoms with Crippen LogP contribution in [0, 0.1) is 21.4 Å². The molecule has 0 aliphatic carbocycles. The number of nitrogens with zero attached hydrogens (tertiary/aromatic N) is 3. The van der Waals surface area contributed by atoms with Gasteiger partial charge in [-0.15, -0.1) is 0 Å². The minimum Gasteiger partial charge on any atom is -0.322 e. The van der Waals surface area contributed by atoms with Crippen LogP contribution in [0.4, 0.5) is 11.4 Å². The Kier molecular flexibility index (Phi) is 4.11. The molecule has 0 aliphatic heterocycles. The minimum atomic E-state index is -0.670. The zero-order valence-corrected chi connectivity index (χ0v) is 11.2. The third kappa shape index (κ3) is 3.32. The fourth-order valence-corrected chi connectivity index (χ4v) is 1.75. The maximum atomic E-state index is 12.1. The third-order valence-electron chi connectivity index (χ3n) is 2.53. The van der Waals surface area contributed by atoms with E-state index in [-0.39, 0.29) is 16.4 Å². The van der Waals surface area contributed by atoms with Gasteiger partial charge in [-0.25, -0.2) is 4.98 Å². The van der Waals surface area contributed by atoms with Crippen LogP contribution in [-0.2, 0) is 0 Å². The summed E-state index contributed by atoms with van der Waals surface area (Å²) in [4.78, 5) is 25.7. The number of nitro groups is 1. The van der Waals surface area contributed by atoms with Crippen molar-refractivity contribution >= 4 is 28.9 Å². The average molecular weight is 303 g/mol. The summed E-state index contributed by atoms with van der Waals surface area (Å²) in [5.41, 5.74) is 0.293. The molecule has 1 aromatic heterocycles. The summed E-state index contributed by atoms with van der Waals surface area (Å²) in [6, 6.07) is 9.21. The van der Waals surface area contributed by atoms with Crippen LogP contribution in [0.1, 0.15) is 15.9 Å². The molecule has 7 nitrogen and oxygen atoms in total.